The minimum atomic E-state index is -6.25. The first-order valence-corrected chi connectivity index (χ1v) is 12.0. The summed E-state index contributed by atoms with van der Waals surface area (Å²) in [5.74, 6) is -4.84. The first-order valence-electron chi connectivity index (χ1n) is 10.4. The molecule has 0 fully saturated rings. The van der Waals surface area contributed by atoms with Crippen LogP contribution in [0.25, 0.3) is 0 Å². The van der Waals surface area contributed by atoms with Crippen LogP contribution in [0.3, 0.4) is 0 Å². The molecule has 0 radical (unpaired) electrons. The van der Waals surface area contributed by atoms with E-state index in [2.05, 4.69) is 31.0 Å². The third-order valence-corrected chi connectivity index (χ3v) is 6.29. The van der Waals surface area contributed by atoms with Crippen molar-refractivity contribution in [3.8, 4) is 5.75 Å². The summed E-state index contributed by atoms with van der Waals surface area (Å²) in [5, 5.41) is 4.11. The zero-order valence-corrected chi connectivity index (χ0v) is 22.3. The van der Waals surface area contributed by atoms with Gasteiger partial charge in [-0.05, 0) is 68.3 Å². The van der Waals surface area contributed by atoms with E-state index in [0.29, 0.717) is 0 Å². The molecule has 2 N–H and O–H groups in total. The fraction of sp³-hybridized carbons (Fsp3) is 0.174. The van der Waals surface area contributed by atoms with E-state index in [-0.39, 0.29) is 17.7 Å². The van der Waals surface area contributed by atoms with E-state index in [1.165, 1.54) is 40.5 Å². The monoisotopic (exact) mass is 707 g/mol. The van der Waals surface area contributed by atoms with Crippen LogP contribution in [0, 0.1) is 5.82 Å². The van der Waals surface area contributed by atoms with Crippen molar-refractivity contribution in [2.75, 3.05) is 10.6 Å². The van der Waals surface area contributed by atoms with Crippen LogP contribution in [0.2, 0.25) is 0 Å². The number of amides is 2. The van der Waals surface area contributed by atoms with Crippen molar-refractivity contribution in [3.05, 3.63) is 81.8 Å². The molecule has 0 aliphatic rings. The van der Waals surface area contributed by atoms with Crippen LogP contribution in [-0.2, 0) is 5.67 Å². The predicted molar refractivity (Wildman–Crippen MR) is 130 cm³/mol. The Morgan fingerprint density at radius 1 is 0.925 bits per heavy atom. The molecule has 0 bridgehead atoms. The second kappa shape index (κ2) is 11.6. The van der Waals surface area contributed by atoms with Crippen LogP contribution in [0.4, 0.5) is 50.9 Å². The summed E-state index contributed by atoms with van der Waals surface area (Å²) in [5.41, 5.74) is -9.36. The Morgan fingerprint density at radius 2 is 1.55 bits per heavy atom. The van der Waals surface area contributed by atoms with Gasteiger partial charge in [-0.25, -0.2) is 8.78 Å². The molecular weight excluding hydrogens is 697 g/mol. The number of anilines is 2. The molecule has 214 valence electrons. The van der Waals surface area contributed by atoms with Gasteiger partial charge in [-0.3, -0.25) is 14.6 Å². The molecule has 0 saturated carbocycles. The first-order chi connectivity index (χ1) is 18.5. The van der Waals surface area contributed by atoms with Crippen LogP contribution in [0.5, 0.6) is 5.75 Å². The fourth-order valence-electron chi connectivity index (χ4n) is 3.26. The number of rotatable bonds is 8. The van der Waals surface area contributed by atoms with Gasteiger partial charge in [-0.2, -0.15) is 30.7 Å². The Labute approximate surface area is 235 Å². The van der Waals surface area contributed by atoms with Crippen LogP contribution in [0.1, 0.15) is 26.3 Å². The molecule has 40 heavy (non-hydrogen) atoms. The summed E-state index contributed by atoms with van der Waals surface area (Å²) in [6.45, 7) is -3.77. The van der Waals surface area contributed by atoms with Crippen molar-refractivity contribution in [3.63, 3.8) is 0 Å². The molecule has 3 rings (SSSR count). The summed E-state index contributed by atoms with van der Waals surface area (Å²) in [6, 6.07) is 5.78. The van der Waals surface area contributed by atoms with Gasteiger partial charge in [0.1, 0.15) is 0 Å². The van der Waals surface area contributed by atoms with Crippen molar-refractivity contribution in [1.29, 1.82) is 0 Å². The number of nitrogens with one attached hydrogen (secondary N) is 2. The van der Waals surface area contributed by atoms with Gasteiger partial charge in [-0.1, -0.05) is 6.07 Å². The number of hydrogen-bond donors (Lipinski definition) is 2. The molecule has 1 unspecified atom stereocenters. The lowest BCUT2D eigenvalue weighted by atomic mass is 9.94. The summed E-state index contributed by atoms with van der Waals surface area (Å²) >= 11 is 3.95. The van der Waals surface area contributed by atoms with Crippen LogP contribution in [-0.4, -0.2) is 34.4 Å². The van der Waals surface area contributed by atoms with Gasteiger partial charge in [0.2, 0.25) is 0 Å². The highest BCUT2D eigenvalue weighted by Gasteiger charge is 2.71. The third-order valence-electron chi connectivity index (χ3n) is 5.12. The zero-order valence-electron chi connectivity index (χ0n) is 19.1. The van der Waals surface area contributed by atoms with E-state index in [1.807, 2.05) is 5.32 Å². The number of ether oxygens (including phenoxy) is 1. The van der Waals surface area contributed by atoms with Gasteiger partial charge < -0.3 is 15.4 Å². The first kappa shape index (κ1) is 31.2. The summed E-state index contributed by atoms with van der Waals surface area (Å²) in [7, 11) is 0. The van der Waals surface area contributed by atoms with Crippen molar-refractivity contribution < 1.29 is 53.8 Å². The van der Waals surface area contributed by atoms with E-state index in [4.69, 9.17) is 0 Å². The Bertz CT molecular complexity index is 1400. The van der Waals surface area contributed by atoms with E-state index < -0.39 is 73.6 Å². The fourth-order valence-corrected chi connectivity index (χ4v) is 4.26. The number of carbonyl (C=O) groups excluding carboxylic acids is 2. The number of hydrogen-bond acceptors (Lipinski definition) is 4. The number of benzene rings is 2. The average molecular weight is 709 g/mol. The molecule has 6 nitrogen and oxygen atoms in total. The van der Waals surface area contributed by atoms with Crippen LogP contribution >= 0.6 is 31.9 Å². The quantitative estimate of drug-likeness (QED) is 0.185. The van der Waals surface area contributed by atoms with Crippen molar-refractivity contribution in [2.45, 2.75) is 23.3 Å². The van der Waals surface area contributed by atoms with Crippen molar-refractivity contribution in [2.24, 2.45) is 0 Å². The predicted octanol–water partition coefficient (Wildman–Crippen LogP) is 7.80. The number of pyridine rings is 1. The Kier molecular flexibility index (Phi) is 9.08. The minimum Gasteiger partial charge on any atom is -0.433 e. The largest absolute Gasteiger partial charge is 0.433 e. The molecule has 1 heterocycles. The lowest BCUT2D eigenvalue weighted by molar-refractivity contribution is -0.282. The Morgan fingerprint density at radius 3 is 2.10 bits per heavy atom. The Hall–Kier alpha value is -3.34. The van der Waals surface area contributed by atoms with Gasteiger partial charge in [0, 0.05) is 28.0 Å². The zero-order chi connectivity index (χ0) is 30.0. The van der Waals surface area contributed by atoms with Gasteiger partial charge in [-0.15, -0.1) is 0 Å². The molecule has 0 aliphatic heterocycles. The number of halogens is 11. The number of aromatic nitrogens is 1. The number of alkyl halides is 9. The van der Waals surface area contributed by atoms with E-state index >= 15 is 4.39 Å². The molecule has 17 heteroatoms. The molecule has 1 atom stereocenters. The van der Waals surface area contributed by atoms with Crippen LogP contribution in [0.15, 0.2) is 59.3 Å². The summed E-state index contributed by atoms with van der Waals surface area (Å²) in [6.07, 6.45) is -3.67. The normalized spacial score (nSPS) is 13.5. The van der Waals surface area contributed by atoms with Gasteiger partial charge >= 0.3 is 23.3 Å². The molecule has 2 aromatic carbocycles. The molecule has 2 amide bonds. The molecule has 1 aromatic heterocycles. The topological polar surface area (TPSA) is 80.3 Å². The van der Waals surface area contributed by atoms with Crippen LogP contribution < -0.4 is 15.4 Å². The van der Waals surface area contributed by atoms with Crippen molar-refractivity contribution in [1.82, 2.24) is 4.98 Å². The second-order valence-corrected chi connectivity index (χ2v) is 9.53. The number of carbonyl (C=O) groups is 2. The highest BCUT2D eigenvalue weighted by Crippen LogP contribution is 2.56. The maximum absolute atomic E-state index is 15.1. The third kappa shape index (κ3) is 6.35. The molecule has 3 aromatic rings. The maximum atomic E-state index is 15.1. The van der Waals surface area contributed by atoms with Gasteiger partial charge in [0.25, 0.3) is 11.8 Å². The number of nitrogens with zero attached hydrogens (tertiary/aromatic N) is 1. The lowest BCUT2D eigenvalue weighted by Crippen LogP contribution is -2.49. The van der Waals surface area contributed by atoms with E-state index in [0.717, 1.165) is 18.2 Å². The highest BCUT2D eigenvalue weighted by molar-refractivity contribution is 9.10. The summed E-state index contributed by atoms with van der Waals surface area (Å²) in [4.78, 5) is 23.6. The Balaban J connectivity index is 2.02. The summed E-state index contributed by atoms with van der Waals surface area (Å²) < 4.78 is 127. The molecular formula is C23H12Br2F9N3O3. The smallest absolute Gasteiger partial charge is 0.433 e. The highest BCUT2D eigenvalue weighted by atomic mass is 79.9. The van der Waals surface area contributed by atoms with Gasteiger partial charge in [0.05, 0.1) is 16.9 Å². The molecule has 0 spiro atoms. The maximum Gasteiger partial charge on any atom is 0.433 e. The minimum absolute atomic E-state index is 0.0823. The second-order valence-electron chi connectivity index (χ2n) is 7.67. The van der Waals surface area contributed by atoms with Gasteiger partial charge in [0.15, 0.2) is 11.6 Å². The van der Waals surface area contributed by atoms with E-state index in [1.54, 1.807) is 0 Å². The molecule has 0 saturated heterocycles. The molecule has 0 aliphatic carbocycles. The lowest BCUT2D eigenvalue weighted by Gasteiger charge is -2.32. The van der Waals surface area contributed by atoms with Crippen molar-refractivity contribution >= 4 is 55.0 Å². The average Bonchev–Trinajstić information content (AvgIpc) is 2.85. The van der Waals surface area contributed by atoms with E-state index in [9.17, 15) is 44.7 Å². The standard InChI is InChI=1S/C23H12Br2F9N3O3/c24-13-8-11(21(29,22(25,30)31)23(32,33)34)9-15(40-20(27)28)17(13)37-19(39)12-2-1-3-14(16(12)26)36-18(38)10-4-6-35-7-5-10/h1-9,20H,(H,36,38)(H,37,39). The SMILES string of the molecule is O=C(Nc1cccc(C(=O)Nc2c(Br)cc(C(F)(C(F)(F)F)C(F)(F)Br)cc2OC(F)F)c1F)c1ccncc1.